The SMILES string of the molecule is CC1CCN(C(=O)C(C)N2CCN(S(=O)(=O)c3c(Cl)cccc3Cl)CC2)CC1. The first kappa shape index (κ1) is 21.8. The van der Waals surface area contributed by atoms with Crippen LogP contribution in [0.1, 0.15) is 26.7 Å². The van der Waals surface area contributed by atoms with Gasteiger partial charge in [0, 0.05) is 39.3 Å². The first-order valence-electron chi connectivity index (χ1n) is 9.69. The van der Waals surface area contributed by atoms with E-state index in [0.29, 0.717) is 32.1 Å². The van der Waals surface area contributed by atoms with Crippen molar-refractivity contribution in [3.8, 4) is 0 Å². The lowest BCUT2D eigenvalue weighted by Crippen LogP contribution is -2.56. The standard InChI is InChI=1S/C19H27Cl2N3O3S/c1-14-6-8-23(9-7-14)19(25)15(2)22-10-12-24(13-11-22)28(26,27)18-16(20)4-3-5-17(18)21/h3-5,14-15H,6-13H2,1-2H3. The van der Waals surface area contributed by atoms with E-state index in [1.165, 1.54) is 16.4 Å². The number of nitrogens with zero attached hydrogens (tertiary/aromatic N) is 3. The number of halogens is 2. The van der Waals surface area contributed by atoms with E-state index in [9.17, 15) is 13.2 Å². The third-order valence-corrected chi connectivity index (χ3v) is 8.65. The summed E-state index contributed by atoms with van der Waals surface area (Å²) >= 11 is 12.2. The van der Waals surface area contributed by atoms with Crippen LogP contribution in [0.5, 0.6) is 0 Å². The van der Waals surface area contributed by atoms with Gasteiger partial charge in [0.05, 0.1) is 16.1 Å². The molecule has 3 rings (SSSR count). The van der Waals surface area contributed by atoms with E-state index in [0.717, 1.165) is 25.9 Å². The van der Waals surface area contributed by atoms with Gasteiger partial charge in [-0.1, -0.05) is 36.2 Å². The van der Waals surface area contributed by atoms with Crippen LogP contribution in [0.2, 0.25) is 10.0 Å². The van der Waals surface area contributed by atoms with Gasteiger partial charge >= 0.3 is 0 Å². The maximum Gasteiger partial charge on any atom is 0.246 e. The molecule has 0 radical (unpaired) electrons. The number of hydrogen-bond acceptors (Lipinski definition) is 4. The Morgan fingerprint density at radius 2 is 1.57 bits per heavy atom. The van der Waals surface area contributed by atoms with E-state index >= 15 is 0 Å². The zero-order chi connectivity index (χ0) is 20.5. The van der Waals surface area contributed by atoms with Crippen LogP contribution in [0.3, 0.4) is 0 Å². The second-order valence-corrected chi connectivity index (χ2v) is 10.4. The van der Waals surface area contributed by atoms with Gasteiger partial charge in [-0.15, -0.1) is 0 Å². The van der Waals surface area contributed by atoms with Gasteiger partial charge in [-0.2, -0.15) is 4.31 Å². The Labute approximate surface area is 177 Å². The number of rotatable bonds is 4. The number of sulfonamides is 1. The summed E-state index contributed by atoms with van der Waals surface area (Å²) in [6.07, 6.45) is 2.09. The summed E-state index contributed by atoms with van der Waals surface area (Å²) in [6, 6.07) is 4.42. The molecule has 0 spiro atoms. The number of amides is 1. The number of carbonyl (C=O) groups is 1. The maximum atomic E-state index is 13.0. The molecule has 1 aromatic carbocycles. The molecule has 28 heavy (non-hydrogen) atoms. The molecule has 2 fully saturated rings. The predicted octanol–water partition coefficient (Wildman–Crippen LogP) is 2.95. The van der Waals surface area contributed by atoms with Gasteiger partial charge in [-0.3, -0.25) is 9.69 Å². The number of piperidine rings is 1. The van der Waals surface area contributed by atoms with Crippen LogP contribution >= 0.6 is 23.2 Å². The van der Waals surface area contributed by atoms with E-state index in [4.69, 9.17) is 23.2 Å². The molecule has 156 valence electrons. The molecule has 1 unspecified atom stereocenters. The molecule has 2 aliphatic heterocycles. The summed E-state index contributed by atoms with van der Waals surface area (Å²) in [5, 5.41) is 0.246. The average Bonchev–Trinajstić information content (AvgIpc) is 2.67. The average molecular weight is 448 g/mol. The second-order valence-electron chi connectivity index (χ2n) is 7.67. The maximum absolute atomic E-state index is 13.0. The lowest BCUT2D eigenvalue weighted by atomic mass is 9.98. The van der Waals surface area contributed by atoms with Crippen molar-refractivity contribution in [2.45, 2.75) is 37.6 Å². The number of benzene rings is 1. The van der Waals surface area contributed by atoms with Crippen molar-refractivity contribution in [2.75, 3.05) is 39.3 Å². The minimum atomic E-state index is -3.77. The largest absolute Gasteiger partial charge is 0.341 e. The van der Waals surface area contributed by atoms with E-state index in [1.54, 1.807) is 6.07 Å². The normalized spacial score (nSPS) is 21.6. The second kappa shape index (κ2) is 8.88. The van der Waals surface area contributed by atoms with E-state index in [-0.39, 0.29) is 26.9 Å². The molecule has 2 heterocycles. The number of piperazine rings is 1. The molecular weight excluding hydrogens is 421 g/mol. The van der Waals surface area contributed by atoms with Gasteiger partial charge in [-0.25, -0.2) is 8.42 Å². The van der Waals surface area contributed by atoms with Gasteiger partial charge < -0.3 is 4.90 Å². The molecule has 2 aliphatic rings. The van der Waals surface area contributed by atoms with Crippen molar-refractivity contribution in [3.05, 3.63) is 28.2 Å². The fourth-order valence-corrected chi connectivity index (χ4v) is 6.35. The van der Waals surface area contributed by atoms with Gasteiger partial charge in [0.1, 0.15) is 4.90 Å². The molecule has 1 amide bonds. The minimum Gasteiger partial charge on any atom is -0.341 e. The number of carbonyl (C=O) groups excluding carboxylic acids is 1. The zero-order valence-corrected chi connectivity index (χ0v) is 18.6. The monoisotopic (exact) mass is 447 g/mol. The highest BCUT2D eigenvalue weighted by atomic mass is 35.5. The smallest absolute Gasteiger partial charge is 0.246 e. The molecule has 6 nitrogen and oxygen atoms in total. The van der Waals surface area contributed by atoms with Crippen molar-refractivity contribution in [1.82, 2.24) is 14.1 Å². The van der Waals surface area contributed by atoms with E-state index in [2.05, 4.69) is 11.8 Å². The Morgan fingerprint density at radius 1 is 1.04 bits per heavy atom. The van der Waals surface area contributed by atoms with Crippen LogP contribution in [-0.2, 0) is 14.8 Å². The molecule has 0 aliphatic carbocycles. The molecule has 0 N–H and O–H groups in total. The molecule has 9 heteroatoms. The Bertz CT molecular complexity index is 797. The van der Waals surface area contributed by atoms with Gasteiger partial charge in [0.2, 0.25) is 15.9 Å². The molecule has 0 bridgehead atoms. The van der Waals surface area contributed by atoms with E-state index in [1.807, 2.05) is 11.8 Å². The zero-order valence-electron chi connectivity index (χ0n) is 16.3. The molecule has 1 aromatic rings. The Hall–Kier alpha value is -0.860. The van der Waals surface area contributed by atoms with Crippen molar-refractivity contribution < 1.29 is 13.2 Å². The van der Waals surface area contributed by atoms with E-state index < -0.39 is 10.0 Å². The van der Waals surface area contributed by atoms with Crippen molar-refractivity contribution in [3.63, 3.8) is 0 Å². The summed E-state index contributed by atoms with van der Waals surface area (Å²) in [4.78, 5) is 16.8. The first-order chi connectivity index (χ1) is 13.2. The fourth-order valence-electron chi connectivity index (χ4n) is 3.84. The summed E-state index contributed by atoms with van der Waals surface area (Å²) in [6.45, 7) is 7.35. The highest BCUT2D eigenvalue weighted by Crippen LogP contribution is 2.32. The minimum absolute atomic E-state index is 0.0432. The molecule has 2 saturated heterocycles. The van der Waals surface area contributed by atoms with Crippen LogP contribution in [0.25, 0.3) is 0 Å². The molecule has 1 atom stereocenters. The third kappa shape index (κ3) is 4.49. The Morgan fingerprint density at radius 3 is 2.11 bits per heavy atom. The molecular formula is C19H27Cl2N3O3S. The number of hydrogen-bond donors (Lipinski definition) is 0. The summed E-state index contributed by atoms with van der Waals surface area (Å²) in [5.74, 6) is 0.807. The van der Waals surface area contributed by atoms with Gasteiger partial charge in [0.25, 0.3) is 0 Å². The van der Waals surface area contributed by atoms with Gasteiger partial charge in [-0.05, 0) is 37.8 Å². The van der Waals surface area contributed by atoms with Crippen LogP contribution in [0, 0.1) is 5.92 Å². The van der Waals surface area contributed by atoms with Crippen LogP contribution in [0.15, 0.2) is 23.1 Å². The first-order valence-corrected chi connectivity index (χ1v) is 11.9. The lowest BCUT2D eigenvalue weighted by molar-refractivity contribution is -0.138. The van der Waals surface area contributed by atoms with Crippen LogP contribution in [0.4, 0.5) is 0 Å². The van der Waals surface area contributed by atoms with Crippen LogP contribution < -0.4 is 0 Å². The predicted molar refractivity (Wildman–Crippen MR) is 111 cm³/mol. The van der Waals surface area contributed by atoms with Gasteiger partial charge in [0.15, 0.2) is 0 Å². The summed E-state index contributed by atoms with van der Waals surface area (Å²) in [7, 11) is -3.77. The van der Waals surface area contributed by atoms with Crippen molar-refractivity contribution in [1.29, 1.82) is 0 Å². The van der Waals surface area contributed by atoms with Crippen molar-refractivity contribution >= 4 is 39.1 Å². The third-order valence-electron chi connectivity index (χ3n) is 5.79. The topological polar surface area (TPSA) is 60.9 Å². The Kier molecular flexibility index (Phi) is 6.92. The highest BCUT2D eigenvalue weighted by molar-refractivity contribution is 7.89. The highest BCUT2D eigenvalue weighted by Gasteiger charge is 2.35. The lowest BCUT2D eigenvalue weighted by Gasteiger charge is -2.39. The Balaban J connectivity index is 1.63. The fraction of sp³-hybridized carbons (Fsp3) is 0.632. The molecule has 0 aromatic heterocycles. The quantitative estimate of drug-likeness (QED) is 0.711. The molecule has 0 saturated carbocycles. The number of likely N-dealkylation sites (tertiary alicyclic amines) is 1. The van der Waals surface area contributed by atoms with Crippen LogP contribution in [-0.4, -0.2) is 73.7 Å². The summed E-state index contributed by atoms with van der Waals surface area (Å²) in [5.41, 5.74) is 0. The van der Waals surface area contributed by atoms with Crippen molar-refractivity contribution in [2.24, 2.45) is 5.92 Å². The summed E-state index contributed by atoms with van der Waals surface area (Å²) < 4.78 is 27.4.